The van der Waals surface area contributed by atoms with Crippen LogP contribution in [0.15, 0.2) is 99.0 Å². The fourth-order valence-corrected chi connectivity index (χ4v) is 8.10. The minimum atomic E-state index is -0.460. The monoisotopic (exact) mass is 674 g/mol. The van der Waals surface area contributed by atoms with Crippen LogP contribution in [0.25, 0.3) is 0 Å². The van der Waals surface area contributed by atoms with Gasteiger partial charge in [0.2, 0.25) is 0 Å². The number of hydrogen-bond acceptors (Lipinski definition) is 4. The van der Waals surface area contributed by atoms with Gasteiger partial charge in [-0.25, -0.2) is 0 Å². The van der Waals surface area contributed by atoms with E-state index in [-0.39, 0.29) is 23.7 Å². The van der Waals surface area contributed by atoms with Crippen molar-refractivity contribution in [2.45, 2.75) is 18.4 Å². The van der Waals surface area contributed by atoms with Crippen molar-refractivity contribution in [1.29, 1.82) is 0 Å². The molecule has 0 spiro atoms. The Bertz CT molecular complexity index is 1600. The van der Waals surface area contributed by atoms with Gasteiger partial charge in [-0.3, -0.25) is 9.59 Å². The van der Waals surface area contributed by atoms with Gasteiger partial charge in [0.05, 0.1) is 27.0 Å². The van der Waals surface area contributed by atoms with Gasteiger partial charge in [0.15, 0.2) is 0 Å². The number of hydrogen-bond donors (Lipinski definition) is 0. The molecule has 2 atom stereocenters. The summed E-state index contributed by atoms with van der Waals surface area (Å²) in [5.41, 5.74) is 6.13. The highest BCUT2D eigenvalue weighted by Gasteiger charge is 2.61. The largest absolute Gasteiger partial charge is 0.486 e. The Morgan fingerprint density at radius 2 is 1.25 bits per heavy atom. The van der Waals surface area contributed by atoms with E-state index in [0.29, 0.717) is 31.9 Å². The Hall–Kier alpha value is -3.26. The number of ether oxygens (including phenoxy) is 1. The molecule has 1 fully saturated rings. The van der Waals surface area contributed by atoms with Crippen LogP contribution in [0.4, 0.5) is 0 Å². The minimum absolute atomic E-state index is 0.156. The van der Waals surface area contributed by atoms with E-state index in [9.17, 15) is 9.59 Å². The lowest BCUT2D eigenvalue weighted by Crippen LogP contribution is -2.41. The number of carbonyl (C=O) groups is 2. The van der Waals surface area contributed by atoms with Gasteiger partial charge in [-0.1, -0.05) is 78.3 Å². The molecule has 4 aliphatic rings. The molecule has 5 nitrogen and oxygen atoms in total. The van der Waals surface area contributed by atoms with Gasteiger partial charge >= 0.3 is 0 Å². The first-order valence-corrected chi connectivity index (χ1v) is 14.8. The molecular weight excluding hydrogens is 656 g/mol. The lowest BCUT2D eigenvalue weighted by molar-refractivity contribution is -0.139. The van der Waals surface area contributed by atoms with Crippen molar-refractivity contribution < 1.29 is 14.3 Å². The van der Waals surface area contributed by atoms with E-state index in [1.165, 1.54) is 0 Å². The molecule has 0 N–H and O–H groups in total. The first-order chi connectivity index (χ1) is 19.4. The van der Waals surface area contributed by atoms with Crippen molar-refractivity contribution in [2.24, 2.45) is 16.9 Å². The average molecular weight is 677 g/mol. The van der Waals surface area contributed by atoms with Crippen molar-refractivity contribution in [2.75, 3.05) is 0 Å². The van der Waals surface area contributed by atoms with Crippen molar-refractivity contribution in [3.8, 4) is 5.75 Å². The molecule has 1 heterocycles. The maximum atomic E-state index is 13.8. The molecule has 4 aromatic carbocycles. The molecule has 2 amide bonds. The van der Waals surface area contributed by atoms with Gasteiger partial charge in [-0.2, -0.15) is 10.1 Å². The van der Waals surface area contributed by atoms with Crippen LogP contribution in [-0.4, -0.2) is 23.0 Å². The molecule has 2 bridgehead atoms. The van der Waals surface area contributed by atoms with Gasteiger partial charge in [0.1, 0.15) is 12.4 Å². The van der Waals surface area contributed by atoms with Crippen LogP contribution in [0.2, 0.25) is 5.02 Å². The lowest BCUT2D eigenvalue weighted by atomic mass is 9.55. The SMILES string of the molecule is O=C1[C@@H]2C3c4ccccc4C(c4ccccc43)[C@H]2C(=O)N1/N=C\c1cc(Br)c(OCc2ccccc2Cl)c(Br)c1. The highest BCUT2D eigenvalue weighted by molar-refractivity contribution is 9.11. The Kier molecular flexibility index (Phi) is 6.41. The summed E-state index contributed by atoms with van der Waals surface area (Å²) in [4.78, 5) is 27.5. The summed E-state index contributed by atoms with van der Waals surface area (Å²) in [7, 11) is 0. The third-order valence-electron chi connectivity index (χ3n) is 8.10. The average Bonchev–Trinajstić information content (AvgIpc) is 3.22. The smallest absolute Gasteiger partial charge is 0.254 e. The van der Waals surface area contributed by atoms with Gasteiger partial charge in [-0.05, 0) is 77.9 Å². The first-order valence-electron chi connectivity index (χ1n) is 12.9. The standard InChI is InChI=1S/C32H21Br2ClN2O3/c33-23-13-17(14-24(34)30(23)40-16-18-7-1-6-12-25(18)35)15-36-37-31(38)28-26-19-8-2-3-9-20(19)27(29(28)32(37)39)22-11-5-4-10-21(22)26/h1-15,26-29H,16H2/b36-15-/t26?,27?,28-,29-/m1/s1. The van der Waals surface area contributed by atoms with Crippen molar-refractivity contribution in [3.05, 3.63) is 132 Å². The molecule has 0 unspecified atom stereocenters. The van der Waals surface area contributed by atoms with E-state index in [0.717, 1.165) is 32.8 Å². The number of carbonyl (C=O) groups excluding carboxylic acids is 2. The summed E-state index contributed by atoms with van der Waals surface area (Å²) in [6, 6.07) is 27.6. The summed E-state index contributed by atoms with van der Waals surface area (Å²) in [5.74, 6) is -1.11. The third-order valence-corrected chi connectivity index (χ3v) is 9.64. The molecule has 0 aromatic heterocycles. The zero-order valence-corrected chi connectivity index (χ0v) is 24.9. The summed E-state index contributed by atoms with van der Waals surface area (Å²) in [6.45, 7) is 0.303. The summed E-state index contributed by atoms with van der Waals surface area (Å²) in [6.07, 6.45) is 1.54. The molecule has 40 heavy (non-hydrogen) atoms. The number of nitrogens with zero attached hydrogens (tertiary/aromatic N) is 2. The highest BCUT2D eigenvalue weighted by atomic mass is 79.9. The van der Waals surface area contributed by atoms with E-state index in [2.05, 4.69) is 61.2 Å². The van der Waals surface area contributed by atoms with Crippen LogP contribution in [0.3, 0.4) is 0 Å². The number of amides is 2. The van der Waals surface area contributed by atoms with Crippen LogP contribution in [0.5, 0.6) is 5.75 Å². The van der Waals surface area contributed by atoms with Gasteiger partial charge < -0.3 is 4.74 Å². The second-order valence-corrected chi connectivity index (χ2v) is 12.3. The molecule has 0 radical (unpaired) electrons. The second kappa shape index (κ2) is 9.98. The molecule has 0 saturated carbocycles. The van der Waals surface area contributed by atoms with Crippen molar-refractivity contribution >= 4 is 61.5 Å². The fraction of sp³-hybridized carbons (Fsp3) is 0.156. The molecule has 8 heteroatoms. The predicted octanol–water partition coefficient (Wildman–Crippen LogP) is 7.67. The zero-order valence-electron chi connectivity index (χ0n) is 20.9. The van der Waals surface area contributed by atoms with Crippen LogP contribution in [-0.2, 0) is 16.2 Å². The number of imide groups is 1. The summed E-state index contributed by atoms with van der Waals surface area (Å²) >= 11 is 13.4. The van der Waals surface area contributed by atoms with E-state index in [1.54, 1.807) is 6.21 Å². The van der Waals surface area contributed by atoms with E-state index < -0.39 is 11.8 Å². The Labute approximate surface area is 253 Å². The number of rotatable bonds is 5. The zero-order chi connectivity index (χ0) is 27.5. The second-order valence-electron chi connectivity index (χ2n) is 10.2. The minimum Gasteiger partial charge on any atom is -0.486 e. The first kappa shape index (κ1) is 25.7. The number of halogens is 3. The quantitative estimate of drug-likeness (QED) is 0.161. The fourth-order valence-electron chi connectivity index (χ4n) is 6.46. The highest BCUT2D eigenvalue weighted by Crippen LogP contribution is 2.61. The van der Waals surface area contributed by atoms with E-state index in [4.69, 9.17) is 16.3 Å². The van der Waals surface area contributed by atoms with Crippen LogP contribution >= 0.6 is 43.5 Å². The van der Waals surface area contributed by atoms with E-state index in [1.807, 2.05) is 60.7 Å². The third kappa shape index (κ3) is 3.98. The maximum Gasteiger partial charge on any atom is 0.254 e. The number of hydrazone groups is 1. The molecule has 3 aliphatic carbocycles. The Balaban J connectivity index is 1.17. The van der Waals surface area contributed by atoms with Crippen LogP contribution in [0, 0.1) is 11.8 Å². The topological polar surface area (TPSA) is 59.0 Å². The van der Waals surface area contributed by atoms with Crippen molar-refractivity contribution in [1.82, 2.24) is 5.01 Å². The van der Waals surface area contributed by atoms with Gasteiger partial charge in [0.25, 0.3) is 11.8 Å². The Morgan fingerprint density at radius 1 is 0.775 bits per heavy atom. The molecule has 4 aromatic rings. The van der Waals surface area contributed by atoms with Crippen LogP contribution < -0.4 is 4.74 Å². The lowest BCUT2D eigenvalue weighted by Gasteiger charge is -2.45. The normalized spacial score (nSPS) is 22.4. The maximum absolute atomic E-state index is 13.8. The van der Waals surface area contributed by atoms with Crippen molar-refractivity contribution in [3.63, 3.8) is 0 Å². The van der Waals surface area contributed by atoms with Gasteiger partial charge in [-0.15, -0.1) is 0 Å². The summed E-state index contributed by atoms with van der Waals surface area (Å²) in [5, 5.41) is 6.15. The molecule has 1 saturated heterocycles. The summed E-state index contributed by atoms with van der Waals surface area (Å²) < 4.78 is 7.42. The number of benzene rings is 4. The van der Waals surface area contributed by atoms with Crippen LogP contribution in [0.1, 0.15) is 45.2 Å². The Morgan fingerprint density at radius 3 is 1.75 bits per heavy atom. The van der Waals surface area contributed by atoms with Gasteiger partial charge in [0, 0.05) is 22.4 Å². The predicted molar refractivity (Wildman–Crippen MR) is 161 cm³/mol. The molecule has 1 aliphatic heterocycles. The molecule has 8 rings (SSSR count). The molecular formula is C32H21Br2ClN2O3. The van der Waals surface area contributed by atoms with E-state index >= 15 is 0 Å². The molecule has 198 valence electrons.